The van der Waals surface area contributed by atoms with Gasteiger partial charge in [0.05, 0.1) is 20.3 Å². The maximum Gasteiger partial charge on any atom is 0.138 e. The molecule has 0 amide bonds. The van der Waals surface area contributed by atoms with Crippen molar-refractivity contribution >= 4 is 78.9 Å². The molecule has 244 valence electrons. The average molecular weight is 789 g/mol. The number of phenols is 2. The first-order chi connectivity index (χ1) is 21.6. The van der Waals surface area contributed by atoms with Crippen molar-refractivity contribution in [3.05, 3.63) is 113 Å². The molecule has 0 aliphatic heterocycles. The lowest BCUT2D eigenvalue weighted by molar-refractivity contribution is 0.470. The molecule has 0 heterocycles. The molecule has 0 aliphatic rings. The molecule has 0 aromatic heterocycles. The van der Waals surface area contributed by atoms with Gasteiger partial charge in [-0.05, 0) is 102 Å². The van der Waals surface area contributed by atoms with E-state index in [0.717, 1.165) is 11.4 Å². The van der Waals surface area contributed by atoms with E-state index in [0.29, 0.717) is 53.8 Å². The summed E-state index contributed by atoms with van der Waals surface area (Å²) in [5.41, 5.74) is 7.96. The van der Waals surface area contributed by atoms with Gasteiger partial charge in [-0.25, -0.2) is 0 Å². The van der Waals surface area contributed by atoms with Crippen molar-refractivity contribution in [2.24, 2.45) is 9.98 Å². The van der Waals surface area contributed by atoms with E-state index in [4.69, 9.17) is 33.2 Å². The zero-order chi connectivity index (χ0) is 34.3. The molecule has 4 rings (SSSR count). The lowest BCUT2D eigenvalue weighted by Gasteiger charge is -2.16. The Morgan fingerprint density at radius 1 is 0.543 bits per heavy atom. The smallest absolute Gasteiger partial charge is 0.138 e. The van der Waals surface area contributed by atoms with Crippen LogP contribution in [0.5, 0.6) is 11.5 Å². The van der Waals surface area contributed by atoms with Gasteiger partial charge in [-0.3, -0.25) is 9.98 Å². The minimum Gasteiger partial charge on any atom is -0.506 e. The molecule has 0 aliphatic carbocycles. The van der Waals surface area contributed by atoms with Crippen molar-refractivity contribution < 1.29 is 10.2 Å². The van der Waals surface area contributed by atoms with Crippen LogP contribution in [-0.2, 0) is 0 Å². The standard InChI is InChI=1S/2C19H21BrClNO/c2*1-11(2)15-6-5-7-16(12(3)4)18(15)22-10-13-8-14(21)9-17(20)19(13)23/h2*5-12,23H,1-4H3. The van der Waals surface area contributed by atoms with Gasteiger partial charge in [0, 0.05) is 33.6 Å². The molecule has 4 aromatic rings. The largest absolute Gasteiger partial charge is 0.506 e. The van der Waals surface area contributed by atoms with Crippen molar-refractivity contribution in [2.45, 2.75) is 79.1 Å². The van der Waals surface area contributed by atoms with Crippen LogP contribution in [0.1, 0.15) is 112 Å². The number of aromatic hydroxyl groups is 2. The highest BCUT2D eigenvalue weighted by Crippen LogP contribution is 2.37. The first-order valence-electron chi connectivity index (χ1n) is 15.3. The van der Waals surface area contributed by atoms with Crippen LogP contribution in [0.25, 0.3) is 0 Å². The van der Waals surface area contributed by atoms with Crippen LogP contribution in [0.4, 0.5) is 11.4 Å². The Morgan fingerprint density at radius 3 is 1.09 bits per heavy atom. The summed E-state index contributed by atoms with van der Waals surface area (Å²) in [6.45, 7) is 17.3. The van der Waals surface area contributed by atoms with Gasteiger partial charge in [0.25, 0.3) is 0 Å². The van der Waals surface area contributed by atoms with Crippen molar-refractivity contribution in [2.75, 3.05) is 0 Å². The molecular weight excluding hydrogens is 747 g/mol. The van der Waals surface area contributed by atoms with Gasteiger partial charge in [0.2, 0.25) is 0 Å². The van der Waals surface area contributed by atoms with Crippen LogP contribution in [0.15, 0.2) is 79.6 Å². The average Bonchev–Trinajstić information content (AvgIpc) is 2.98. The molecule has 0 radical (unpaired) electrons. The second-order valence-corrected chi connectivity index (χ2v) is 14.9. The highest BCUT2D eigenvalue weighted by molar-refractivity contribution is 9.11. The maximum atomic E-state index is 10.2. The fourth-order valence-electron chi connectivity index (χ4n) is 4.96. The molecule has 4 aromatic carbocycles. The summed E-state index contributed by atoms with van der Waals surface area (Å²) in [5, 5.41) is 21.4. The highest BCUT2D eigenvalue weighted by Gasteiger charge is 2.15. The normalized spacial score (nSPS) is 11.8. The van der Waals surface area contributed by atoms with Crippen molar-refractivity contribution in [3.8, 4) is 11.5 Å². The first-order valence-corrected chi connectivity index (χ1v) is 17.7. The molecule has 8 heteroatoms. The van der Waals surface area contributed by atoms with Gasteiger partial charge in [0.1, 0.15) is 11.5 Å². The van der Waals surface area contributed by atoms with Gasteiger partial charge < -0.3 is 10.2 Å². The quantitative estimate of drug-likeness (QED) is 0.175. The van der Waals surface area contributed by atoms with Gasteiger partial charge in [-0.2, -0.15) is 0 Å². The minimum absolute atomic E-state index is 0.145. The molecule has 46 heavy (non-hydrogen) atoms. The van der Waals surface area contributed by atoms with E-state index in [1.54, 1.807) is 36.7 Å². The Balaban J connectivity index is 0.000000250. The third-order valence-corrected chi connectivity index (χ3v) is 9.11. The van der Waals surface area contributed by atoms with Crippen molar-refractivity contribution in [1.29, 1.82) is 0 Å². The Bertz CT molecular complexity index is 1550. The van der Waals surface area contributed by atoms with Crippen molar-refractivity contribution in [1.82, 2.24) is 0 Å². The lowest BCUT2D eigenvalue weighted by atomic mass is 9.93. The molecule has 2 N–H and O–H groups in total. The number of para-hydroxylation sites is 2. The third-order valence-electron chi connectivity index (χ3n) is 7.47. The summed E-state index contributed by atoms with van der Waals surface area (Å²) in [5.74, 6) is 1.79. The number of rotatable bonds is 8. The fraction of sp³-hybridized carbons (Fsp3) is 0.316. The number of halogens is 4. The number of phenolic OH excluding ortho intramolecular Hbond substituents is 2. The molecule has 0 unspecified atom stereocenters. The van der Waals surface area contributed by atoms with E-state index in [1.165, 1.54) is 22.3 Å². The van der Waals surface area contributed by atoms with E-state index in [2.05, 4.69) is 124 Å². The van der Waals surface area contributed by atoms with Crippen LogP contribution >= 0.6 is 55.1 Å². The molecule has 0 spiro atoms. The summed E-state index contributed by atoms with van der Waals surface area (Å²) >= 11 is 18.7. The Hall–Kier alpha value is -2.64. The zero-order valence-corrected chi connectivity index (χ0v) is 32.2. The van der Waals surface area contributed by atoms with Gasteiger partial charge in [-0.15, -0.1) is 0 Å². The molecule has 0 saturated heterocycles. The molecule has 0 saturated carbocycles. The van der Waals surface area contributed by atoms with Gasteiger partial charge in [-0.1, -0.05) is 115 Å². The van der Waals surface area contributed by atoms with E-state index < -0.39 is 0 Å². The Morgan fingerprint density at radius 2 is 0.826 bits per heavy atom. The molecule has 0 fully saturated rings. The second kappa shape index (κ2) is 17.0. The topological polar surface area (TPSA) is 65.2 Å². The number of hydrogen-bond donors (Lipinski definition) is 2. The van der Waals surface area contributed by atoms with Crippen LogP contribution in [0.3, 0.4) is 0 Å². The Labute approximate surface area is 300 Å². The SMILES string of the molecule is CC(C)c1cccc(C(C)C)c1N=Cc1cc(Cl)cc(Br)c1O.CC(C)c1cccc(C(C)C)c1N=Cc1cc(Cl)cc(Br)c1O. The second-order valence-electron chi connectivity index (χ2n) is 12.4. The molecule has 0 atom stereocenters. The number of benzene rings is 4. The zero-order valence-electron chi connectivity index (χ0n) is 27.5. The van der Waals surface area contributed by atoms with Gasteiger partial charge >= 0.3 is 0 Å². The summed E-state index contributed by atoms with van der Waals surface area (Å²) in [4.78, 5) is 9.39. The number of nitrogens with zero attached hydrogens (tertiary/aromatic N) is 2. The summed E-state index contributed by atoms with van der Waals surface area (Å²) in [6.07, 6.45) is 3.36. The molecule has 4 nitrogen and oxygen atoms in total. The monoisotopic (exact) mass is 786 g/mol. The lowest BCUT2D eigenvalue weighted by Crippen LogP contribution is -1.96. The van der Waals surface area contributed by atoms with E-state index in [-0.39, 0.29) is 11.5 Å². The first kappa shape index (κ1) is 37.8. The summed E-state index contributed by atoms with van der Waals surface area (Å²) < 4.78 is 1.13. The maximum absolute atomic E-state index is 10.2. The van der Waals surface area contributed by atoms with Gasteiger partial charge in [0.15, 0.2) is 0 Å². The number of aliphatic imine (C=N–C) groups is 2. The van der Waals surface area contributed by atoms with Crippen LogP contribution < -0.4 is 0 Å². The molecule has 0 bridgehead atoms. The predicted molar refractivity (Wildman–Crippen MR) is 205 cm³/mol. The third kappa shape index (κ3) is 9.70. The summed E-state index contributed by atoms with van der Waals surface area (Å²) in [6, 6.07) is 19.3. The predicted octanol–water partition coefficient (Wildman–Crippen LogP) is 13.6. The fourth-order valence-corrected chi connectivity index (χ4v) is 6.63. The van der Waals surface area contributed by atoms with E-state index >= 15 is 0 Å². The molecular formula is C38H42Br2Cl2N2O2. The van der Waals surface area contributed by atoms with Crippen molar-refractivity contribution in [3.63, 3.8) is 0 Å². The Kier molecular flexibility index (Phi) is 13.9. The van der Waals surface area contributed by atoms with E-state index in [9.17, 15) is 10.2 Å². The van der Waals surface area contributed by atoms with E-state index in [1.807, 2.05) is 0 Å². The van der Waals surface area contributed by atoms with Crippen LogP contribution in [0, 0.1) is 0 Å². The number of hydrogen-bond acceptors (Lipinski definition) is 4. The van der Waals surface area contributed by atoms with Crippen LogP contribution in [0.2, 0.25) is 10.0 Å². The minimum atomic E-state index is 0.145. The summed E-state index contributed by atoms with van der Waals surface area (Å²) in [7, 11) is 0. The highest BCUT2D eigenvalue weighted by atomic mass is 79.9. The van der Waals surface area contributed by atoms with Crippen LogP contribution in [-0.4, -0.2) is 22.6 Å².